The number of nitrogens with zero attached hydrogens (tertiary/aromatic N) is 1. The number of benzene rings is 3. The van der Waals surface area contributed by atoms with Gasteiger partial charge < -0.3 is 14.8 Å². The summed E-state index contributed by atoms with van der Waals surface area (Å²) in [7, 11) is -2.99. The normalized spacial score (nSPS) is 13.6. The lowest BCUT2D eigenvalue weighted by Crippen LogP contribution is -2.39. The van der Waals surface area contributed by atoms with Crippen molar-refractivity contribution in [1.29, 1.82) is 0 Å². The molecule has 8 nitrogen and oxygen atoms in total. The first-order valence-electron chi connectivity index (χ1n) is 12.0. The average molecular weight is 636 g/mol. The number of fused-ring (bicyclic) bond motifs is 1. The second-order valence-electron chi connectivity index (χ2n) is 9.10. The van der Waals surface area contributed by atoms with Gasteiger partial charge in [-0.3, -0.25) is 4.98 Å². The fourth-order valence-corrected chi connectivity index (χ4v) is 6.03. The zero-order chi connectivity index (χ0) is 28.6. The maximum atomic E-state index is 15.3. The van der Waals surface area contributed by atoms with Crippen LogP contribution >= 0.6 is 15.9 Å². The highest BCUT2D eigenvalue weighted by molar-refractivity contribution is 9.10. The van der Waals surface area contributed by atoms with Crippen molar-refractivity contribution in [1.82, 2.24) is 9.71 Å². The first kappa shape index (κ1) is 27.9. The molecule has 0 radical (unpaired) electrons. The molecule has 0 spiro atoms. The lowest BCUT2D eigenvalue weighted by molar-refractivity contribution is 0.0600. The van der Waals surface area contributed by atoms with Crippen LogP contribution in [-0.4, -0.2) is 32.5 Å². The Balaban J connectivity index is 1.65. The van der Waals surface area contributed by atoms with Gasteiger partial charge in [0.15, 0.2) is 0 Å². The Kier molecular flexibility index (Phi) is 7.71. The van der Waals surface area contributed by atoms with Crippen molar-refractivity contribution in [2.45, 2.75) is 30.2 Å². The highest BCUT2D eigenvalue weighted by atomic mass is 79.9. The fourth-order valence-electron chi connectivity index (χ4n) is 4.20. The van der Waals surface area contributed by atoms with E-state index in [4.69, 9.17) is 9.47 Å². The minimum absolute atomic E-state index is 0.0297. The molecule has 0 atom stereocenters. The van der Waals surface area contributed by atoms with Gasteiger partial charge in [0.1, 0.15) is 33.8 Å². The smallest absolute Gasteiger partial charge is 0.338 e. The van der Waals surface area contributed by atoms with E-state index in [-0.39, 0.29) is 50.3 Å². The summed E-state index contributed by atoms with van der Waals surface area (Å²) < 4.78 is 83.0. The van der Waals surface area contributed by atoms with Crippen LogP contribution in [0, 0.1) is 17.5 Å². The lowest BCUT2D eigenvalue weighted by Gasteiger charge is -2.26. The summed E-state index contributed by atoms with van der Waals surface area (Å²) in [5, 5.41) is 2.80. The van der Waals surface area contributed by atoms with Crippen molar-refractivity contribution in [3.63, 3.8) is 0 Å². The Labute approximate surface area is 235 Å². The van der Waals surface area contributed by atoms with Gasteiger partial charge in [0, 0.05) is 46.7 Å². The number of ether oxygens (including phenoxy) is 2. The molecular weight excluding hydrogens is 615 g/mol. The number of pyridine rings is 1. The Hall–Kier alpha value is -3.68. The summed E-state index contributed by atoms with van der Waals surface area (Å²) in [6.45, 7) is 0. The van der Waals surface area contributed by atoms with Crippen molar-refractivity contribution in [2.24, 2.45) is 0 Å². The summed E-state index contributed by atoms with van der Waals surface area (Å²) in [5.74, 6) is -3.51. The Bertz CT molecular complexity index is 1730. The molecule has 0 amide bonds. The van der Waals surface area contributed by atoms with Gasteiger partial charge in [-0.15, -0.1) is 0 Å². The highest BCUT2D eigenvalue weighted by Crippen LogP contribution is 2.37. The van der Waals surface area contributed by atoms with E-state index in [1.165, 1.54) is 30.3 Å². The maximum absolute atomic E-state index is 15.3. The molecule has 0 bridgehead atoms. The summed E-state index contributed by atoms with van der Waals surface area (Å²) >= 11 is 3.21. The number of hydrogen-bond acceptors (Lipinski definition) is 7. The first-order valence-corrected chi connectivity index (χ1v) is 14.2. The van der Waals surface area contributed by atoms with Crippen molar-refractivity contribution in [3.8, 4) is 11.5 Å². The maximum Gasteiger partial charge on any atom is 0.338 e. The van der Waals surface area contributed by atoms with Crippen molar-refractivity contribution < 1.29 is 35.9 Å². The number of esters is 1. The highest BCUT2D eigenvalue weighted by Gasteiger charge is 2.29. The SMILES string of the molecule is COC(=O)c1cc(Nc2c(S(=O)(=O)NC3CCC3)cnc3cc(Br)cc(F)c23)cc(Oc2cc(F)cc(F)c2)c1. The Morgan fingerprint density at radius 1 is 1.00 bits per heavy atom. The Morgan fingerprint density at radius 3 is 2.35 bits per heavy atom. The van der Waals surface area contributed by atoms with Crippen LogP contribution < -0.4 is 14.8 Å². The van der Waals surface area contributed by atoms with E-state index in [1.807, 2.05) is 0 Å². The van der Waals surface area contributed by atoms with Crippen molar-refractivity contribution in [2.75, 3.05) is 12.4 Å². The number of sulfonamides is 1. The van der Waals surface area contributed by atoms with E-state index >= 15 is 4.39 Å². The quantitative estimate of drug-likeness (QED) is 0.211. The molecule has 0 unspecified atom stereocenters. The van der Waals surface area contributed by atoms with E-state index in [0.29, 0.717) is 23.4 Å². The third-order valence-electron chi connectivity index (χ3n) is 6.24. The molecule has 13 heteroatoms. The minimum Gasteiger partial charge on any atom is -0.465 e. The van der Waals surface area contributed by atoms with E-state index in [2.05, 4.69) is 31.0 Å². The number of hydrogen-bond donors (Lipinski definition) is 2. The third-order valence-corrected chi connectivity index (χ3v) is 8.23. The molecule has 0 saturated heterocycles. The summed E-state index contributed by atoms with van der Waals surface area (Å²) in [6.07, 6.45) is 3.35. The van der Waals surface area contributed by atoms with Crippen molar-refractivity contribution in [3.05, 3.63) is 82.2 Å². The molecule has 1 aliphatic rings. The van der Waals surface area contributed by atoms with Gasteiger partial charge in [0.25, 0.3) is 0 Å². The van der Waals surface area contributed by atoms with Gasteiger partial charge in [-0.25, -0.2) is 31.1 Å². The molecule has 5 rings (SSSR count). The summed E-state index contributed by atoms with van der Waals surface area (Å²) in [6, 6.07) is 8.97. The van der Waals surface area contributed by atoms with E-state index in [0.717, 1.165) is 31.9 Å². The standard InChI is InChI=1S/C27H21BrF3N3O5S/c1-38-27(35)14-5-19(12-20(6-14)39-21-10-16(29)9-17(30)11-21)33-26-24(40(36,37)34-18-3-2-4-18)13-32-23-8-15(28)7-22(31)25(23)26/h5-13,18,34H,2-4H2,1H3,(H,32,33). The molecule has 208 valence electrons. The van der Waals surface area contributed by atoms with Gasteiger partial charge in [0.05, 0.1) is 29.3 Å². The molecule has 40 heavy (non-hydrogen) atoms. The van der Waals surface area contributed by atoms with Crippen LogP contribution in [0.2, 0.25) is 0 Å². The Morgan fingerprint density at radius 2 is 1.70 bits per heavy atom. The average Bonchev–Trinajstić information content (AvgIpc) is 2.84. The zero-order valence-electron chi connectivity index (χ0n) is 20.8. The van der Waals surface area contributed by atoms with Gasteiger partial charge >= 0.3 is 5.97 Å². The molecule has 0 aliphatic heterocycles. The number of nitrogens with one attached hydrogen (secondary N) is 2. The molecular formula is C27H21BrF3N3O5S. The number of carbonyl (C=O) groups excluding carboxylic acids is 1. The molecule has 1 heterocycles. The second-order valence-corrected chi connectivity index (χ2v) is 11.7. The molecule has 1 aromatic heterocycles. The predicted molar refractivity (Wildman–Crippen MR) is 145 cm³/mol. The van der Waals surface area contributed by atoms with Crippen LogP contribution in [0.15, 0.2) is 64.1 Å². The molecule has 4 aromatic rings. The fraction of sp³-hybridized carbons (Fsp3) is 0.185. The molecule has 3 aromatic carbocycles. The predicted octanol–water partition coefficient (Wildman–Crippen LogP) is 6.57. The molecule has 1 fully saturated rings. The van der Waals surface area contributed by atoms with E-state index in [9.17, 15) is 22.0 Å². The van der Waals surface area contributed by atoms with Gasteiger partial charge in [-0.1, -0.05) is 22.4 Å². The minimum atomic E-state index is -4.15. The number of carbonyl (C=O) groups is 1. The van der Waals surface area contributed by atoms with Crippen LogP contribution in [0.3, 0.4) is 0 Å². The number of halogens is 4. The van der Waals surface area contributed by atoms with E-state index < -0.39 is 33.4 Å². The second kappa shape index (κ2) is 11.1. The lowest BCUT2D eigenvalue weighted by atomic mass is 9.94. The van der Waals surface area contributed by atoms with Gasteiger partial charge in [0.2, 0.25) is 10.0 Å². The molecule has 1 aliphatic carbocycles. The van der Waals surface area contributed by atoms with Gasteiger partial charge in [-0.05, 0) is 37.1 Å². The van der Waals surface area contributed by atoms with Crippen LogP contribution in [0.25, 0.3) is 10.9 Å². The number of aromatic nitrogens is 1. The number of rotatable bonds is 8. The van der Waals surface area contributed by atoms with Crippen LogP contribution in [0.1, 0.15) is 29.6 Å². The molecule has 2 N–H and O–H groups in total. The van der Waals surface area contributed by atoms with Crippen LogP contribution in [0.4, 0.5) is 24.5 Å². The summed E-state index contributed by atoms with van der Waals surface area (Å²) in [5.41, 5.74) is 0.0991. The number of methoxy groups -OCH3 is 1. The largest absolute Gasteiger partial charge is 0.465 e. The summed E-state index contributed by atoms with van der Waals surface area (Å²) in [4.78, 5) is 16.3. The third kappa shape index (κ3) is 5.91. The number of anilines is 2. The van der Waals surface area contributed by atoms with Crippen molar-refractivity contribution >= 4 is 54.2 Å². The monoisotopic (exact) mass is 635 g/mol. The first-order chi connectivity index (χ1) is 19.0. The topological polar surface area (TPSA) is 107 Å². The zero-order valence-corrected chi connectivity index (χ0v) is 23.2. The van der Waals surface area contributed by atoms with Crippen LogP contribution in [-0.2, 0) is 14.8 Å². The van der Waals surface area contributed by atoms with E-state index in [1.54, 1.807) is 0 Å². The van der Waals surface area contributed by atoms with Gasteiger partial charge in [-0.2, -0.15) is 0 Å². The molecule has 1 saturated carbocycles. The van der Waals surface area contributed by atoms with Crippen LogP contribution in [0.5, 0.6) is 11.5 Å².